The molecule has 1 unspecified atom stereocenters. The summed E-state index contributed by atoms with van der Waals surface area (Å²) in [5, 5.41) is 20.5. The van der Waals surface area contributed by atoms with Crippen LogP contribution in [0.5, 0.6) is 0 Å². The number of nitrogens with one attached hydrogen (secondary N) is 1. The van der Waals surface area contributed by atoms with Crippen LogP contribution >= 0.6 is 35.6 Å². The summed E-state index contributed by atoms with van der Waals surface area (Å²) in [4.78, 5) is 14.7. The van der Waals surface area contributed by atoms with E-state index >= 15 is 0 Å². The minimum absolute atomic E-state index is 0.464. The Bertz CT molecular complexity index is 998. The average molecular weight is 478 g/mol. The number of hydrazone groups is 1. The molecule has 2 aromatic rings. The summed E-state index contributed by atoms with van der Waals surface area (Å²) >= 11 is 12.8. The van der Waals surface area contributed by atoms with E-state index in [1.54, 1.807) is 30.5 Å². The van der Waals surface area contributed by atoms with Crippen molar-refractivity contribution in [2.75, 3.05) is 24.3 Å². The van der Waals surface area contributed by atoms with E-state index < -0.39 is 16.9 Å². The third kappa shape index (κ3) is 5.48. The standard InChI is InChI=1S/C21H24ClN5O2S2/c1-21(2)18(27(29)19(28)24-16-7-5-6-15(22)12-16)26(20(30)31-21)23-13-14-8-10-17(11-9-14)25(3)4/h5-13,18,29H,1-4H3,(H,24,28)/b23-13+. The number of halogens is 1. The summed E-state index contributed by atoms with van der Waals surface area (Å²) in [7, 11) is 3.94. The van der Waals surface area contributed by atoms with Crippen LogP contribution in [0.4, 0.5) is 16.2 Å². The second-order valence-electron chi connectivity index (χ2n) is 7.71. The molecule has 0 radical (unpaired) electrons. The molecule has 2 aromatic carbocycles. The number of hydrogen-bond donors (Lipinski definition) is 2. The molecule has 1 aliphatic rings. The van der Waals surface area contributed by atoms with E-state index in [4.69, 9.17) is 23.8 Å². The highest BCUT2D eigenvalue weighted by Crippen LogP contribution is 2.42. The fraction of sp³-hybridized carbons (Fsp3) is 0.286. The molecule has 1 fully saturated rings. The number of amides is 2. The number of benzene rings is 2. The van der Waals surface area contributed by atoms with Gasteiger partial charge in [0.25, 0.3) is 0 Å². The number of hydroxylamine groups is 2. The Morgan fingerprint density at radius 2 is 1.97 bits per heavy atom. The number of anilines is 2. The van der Waals surface area contributed by atoms with Crippen molar-refractivity contribution in [2.24, 2.45) is 5.10 Å². The largest absolute Gasteiger partial charge is 0.378 e. The molecular formula is C21H24ClN5O2S2. The first-order valence-corrected chi connectivity index (χ1v) is 11.1. The first kappa shape index (κ1) is 23.3. The van der Waals surface area contributed by atoms with Gasteiger partial charge in [-0.3, -0.25) is 5.21 Å². The molecule has 0 spiro atoms. The molecule has 2 N–H and O–H groups in total. The summed E-state index contributed by atoms with van der Waals surface area (Å²) in [5.74, 6) is 0. The molecule has 0 aliphatic carbocycles. The second kappa shape index (κ2) is 9.44. The highest BCUT2D eigenvalue weighted by molar-refractivity contribution is 8.24. The van der Waals surface area contributed by atoms with Gasteiger partial charge in [0.1, 0.15) is 0 Å². The number of nitrogens with zero attached hydrogens (tertiary/aromatic N) is 4. The molecule has 10 heteroatoms. The maximum Gasteiger partial charge on any atom is 0.347 e. The van der Waals surface area contributed by atoms with Crippen molar-refractivity contribution in [3.05, 3.63) is 59.1 Å². The summed E-state index contributed by atoms with van der Waals surface area (Å²) in [6.07, 6.45) is 0.852. The molecule has 3 rings (SSSR count). The van der Waals surface area contributed by atoms with E-state index in [2.05, 4.69) is 10.4 Å². The normalized spacial score (nSPS) is 17.8. The Hall–Kier alpha value is -2.33. The van der Waals surface area contributed by atoms with Crippen molar-refractivity contribution in [2.45, 2.75) is 24.8 Å². The van der Waals surface area contributed by atoms with Crippen molar-refractivity contribution >= 4 is 63.5 Å². The van der Waals surface area contributed by atoms with Gasteiger partial charge in [-0.2, -0.15) is 10.2 Å². The van der Waals surface area contributed by atoms with Crippen LogP contribution in [0.2, 0.25) is 5.02 Å². The lowest BCUT2D eigenvalue weighted by Crippen LogP contribution is -2.54. The first-order chi connectivity index (χ1) is 14.6. The molecule has 1 aliphatic heterocycles. The summed E-state index contributed by atoms with van der Waals surface area (Å²) in [5.41, 5.74) is 2.41. The molecule has 1 atom stereocenters. The summed E-state index contributed by atoms with van der Waals surface area (Å²) in [6.45, 7) is 3.79. The third-order valence-corrected chi connectivity index (χ3v) is 6.42. The van der Waals surface area contributed by atoms with Crippen molar-refractivity contribution < 1.29 is 10.0 Å². The zero-order chi connectivity index (χ0) is 22.8. The molecule has 0 saturated carbocycles. The fourth-order valence-corrected chi connectivity index (χ4v) is 5.05. The van der Waals surface area contributed by atoms with Gasteiger partial charge in [0.05, 0.1) is 11.0 Å². The van der Waals surface area contributed by atoms with E-state index in [-0.39, 0.29) is 0 Å². The number of thioether (sulfide) groups is 1. The molecule has 0 aromatic heterocycles. The average Bonchev–Trinajstić information content (AvgIpc) is 2.93. The van der Waals surface area contributed by atoms with Gasteiger partial charge in [-0.05, 0) is 49.7 Å². The van der Waals surface area contributed by atoms with Gasteiger partial charge in [-0.25, -0.2) is 9.80 Å². The van der Waals surface area contributed by atoms with Crippen LogP contribution in [0, 0.1) is 0 Å². The monoisotopic (exact) mass is 477 g/mol. The van der Waals surface area contributed by atoms with Crippen LogP contribution in [-0.4, -0.2) is 56.9 Å². The quantitative estimate of drug-likeness (QED) is 0.270. The molecule has 1 saturated heterocycles. The van der Waals surface area contributed by atoms with Crippen molar-refractivity contribution in [3.63, 3.8) is 0 Å². The number of thiocarbonyl (C=S) groups is 1. The lowest BCUT2D eigenvalue weighted by atomic mass is 10.1. The molecule has 2 amide bonds. The van der Waals surface area contributed by atoms with Crippen LogP contribution in [-0.2, 0) is 0 Å². The van der Waals surface area contributed by atoms with Crippen molar-refractivity contribution in [1.82, 2.24) is 10.1 Å². The Labute approximate surface area is 196 Å². The predicted octanol–water partition coefficient (Wildman–Crippen LogP) is 5.10. The van der Waals surface area contributed by atoms with Gasteiger partial charge in [-0.1, -0.05) is 53.8 Å². The van der Waals surface area contributed by atoms with E-state index in [0.717, 1.165) is 11.3 Å². The van der Waals surface area contributed by atoms with Gasteiger partial charge >= 0.3 is 6.03 Å². The van der Waals surface area contributed by atoms with Crippen molar-refractivity contribution in [1.29, 1.82) is 0 Å². The van der Waals surface area contributed by atoms with Crippen LogP contribution < -0.4 is 10.2 Å². The summed E-state index contributed by atoms with van der Waals surface area (Å²) in [6, 6.07) is 13.8. The number of carbonyl (C=O) groups is 1. The van der Waals surface area contributed by atoms with Gasteiger partial charge in [0.15, 0.2) is 10.5 Å². The zero-order valence-corrected chi connectivity index (χ0v) is 20.0. The Balaban J connectivity index is 1.80. The van der Waals surface area contributed by atoms with Crippen molar-refractivity contribution in [3.8, 4) is 0 Å². The molecule has 1 heterocycles. The number of carbonyl (C=O) groups excluding carboxylic acids is 1. The highest BCUT2D eigenvalue weighted by Gasteiger charge is 2.50. The Morgan fingerprint density at radius 3 is 2.58 bits per heavy atom. The lowest BCUT2D eigenvalue weighted by molar-refractivity contribution is -0.114. The first-order valence-electron chi connectivity index (χ1n) is 9.47. The van der Waals surface area contributed by atoms with E-state index in [1.165, 1.54) is 16.8 Å². The molecule has 0 bridgehead atoms. The number of hydrogen-bond acceptors (Lipinski definition) is 6. The summed E-state index contributed by atoms with van der Waals surface area (Å²) < 4.78 is -0.130. The van der Waals surface area contributed by atoms with Crippen LogP contribution in [0.15, 0.2) is 53.6 Å². The fourth-order valence-electron chi connectivity index (χ4n) is 3.07. The third-order valence-electron chi connectivity index (χ3n) is 4.65. The molecule has 164 valence electrons. The van der Waals surface area contributed by atoms with Gasteiger partial charge < -0.3 is 10.2 Å². The zero-order valence-electron chi connectivity index (χ0n) is 17.6. The van der Waals surface area contributed by atoms with Gasteiger partial charge in [-0.15, -0.1) is 0 Å². The lowest BCUT2D eigenvalue weighted by Gasteiger charge is -2.34. The topological polar surface area (TPSA) is 71.4 Å². The molecule has 7 nitrogen and oxygen atoms in total. The van der Waals surface area contributed by atoms with Gasteiger partial charge in [0, 0.05) is 30.5 Å². The van der Waals surface area contributed by atoms with Crippen LogP contribution in [0.25, 0.3) is 0 Å². The Kier molecular flexibility index (Phi) is 7.10. The minimum atomic E-state index is -0.804. The van der Waals surface area contributed by atoms with E-state index in [0.29, 0.717) is 20.1 Å². The predicted molar refractivity (Wildman–Crippen MR) is 132 cm³/mol. The highest BCUT2D eigenvalue weighted by atomic mass is 35.5. The molecule has 31 heavy (non-hydrogen) atoms. The second-order valence-corrected chi connectivity index (χ2v) is 10.4. The maximum absolute atomic E-state index is 12.7. The minimum Gasteiger partial charge on any atom is -0.378 e. The van der Waals surface area contributed by atoms with Crippen LogP contribution in [0.1, 0.15) is 19.4 Å². The number of urea groups is 1. The van der Waals surface area contributed by atoms with E-state index in [1.807, 2.05) is 57.1 Å². The maximum atomic E-state index is 12.7. The molecular weight excluding hydrogens is 454 g/mol. The van der Waals surface area contributed by atoms with E-state index in [9.17, 15) is 10.0 Å². The SMILES string of the molecule is CN(C)c1ccc(/C=N/N2C(=S)SC(C)(C)C2N(O)C(=O)Nc2cccc(Cl)c2)cc1. The smallest absolute Gasteiger partial charge is 0.347 e. The number of rotatable bonds is 5. The Morgan fingerprint density at radius 1 is 1.29 bits per heavy atom. The van der Waals surface area contributed by atoms with Gasteiger partial charge in [0.2, 0.25) is 0 Å². The van der Waals surface area contributed by atoms with Crippen LogP contribution in [0.3, 0.4) is 0 Å².